The highest BCUT2D eigenvalue weighted by Gasteiger charge is 2.29. The predicted octanol–water partition coefficient (Wildman–Crippen LogP) is 3.32. The van der Waals surface area contributed by atoms with Gasteiger partial charge in [-0.25, -0.2) is 0 Å². The number of nitrogens with zero attached hydrogens (tertiary/aromatic N) is 1. The van der Waals surface area contributed by atoms with Gasteiger partial charge < -0.3 is 14.4 Å². The van der Waals surface area contributed by atoms with E-state index in [1.54, 1.807) is 18.9 Å². The molecule has 1 aliphatic rings. The summed E-state index contributed by atoms with van der Waals surface area (Å²) in [5.74, 6) is 1.52. The Kier molecular flexibility index (Phi) is 3.75. The van der Waals surface area contributed by atoms with E-state index in [2.05, 4.69) is 0 Å². The Labute approximate surface area is 130 Å². The zero-order chi connectivity index (χ0) is 15.7. The van der Waals surface area contributed by atoms with Gasteiger partial charge in [0.05, 0.1) is 13.7 Å². The Bertz CT molecular complexity index is 711. The van der Waals surface area contributed by atoms with Crippen LogP contribution in [0.4, 0.5) is 5.69 Å². The molecule has 2 aromatic rings. The van der Waals surface area contributed by atoms with Crippen LogP contribution in [0.2, 0.25) is 0 Å². The molecule has 3 rings (SSSR count). The first kappa shape index (κ1) is 14.4. The normalized spacial score (nSPS) is 17.5. The molecule has 0 radical (unpaired) electrons. The first-order chi connectivity index (χ1) is 10.6. The first-order valence-corrected chi connectivity index (χ1v) is 7.30. The second-order valence-corrected chi connectivity index (χ2v) is 5.44. The topological polar surface area (TPSA) is 38.8 Å². The molecule has 114 valence electrons. The molecule has 0 aromatic heterocycles. The van der Waals surface area contributed by atoms with Gasteiger partial charge in [-0.15, -0.1) is 0 Å². The van der Waals surface area contributed by atoms with Gasteiger partial charge in [0.1, 0.15) is 11.5 Å². The first-order valence-electron chi connectivity index (χ1n) is 7.30. The number of aryl methyl sites for hydroxylation is 1. The van der Waals surface area contributed by atoms with Crippen LogP contribution in [-0.2, 0) is 11.3 Å². The Morgan fingerprint density at radius 1 is 1.23 bits per heavy atom. The molecule has 0 bridgehead atoms. The lowest BCUT2D eigenvalue weighted by Gasteiger charge is -2.24. The van der Waals surface area contributed by atoms with Crippen LogP contribution in [0.25, 0.3) is 0 Å². The standard InChI is InChI=1S/C18H19NO3/c1-12-10-15(21-3)8-9-16(12)19-11-14-6-4-5-7-17(14)22-13(2)18(19)20/h4-10,13H,11H2,1-3H3. The number of methoxy groups -OCH3 is 1. The average molecular weight is 297 g/mol. The van der Waals surface area contributed by atoms with E-state index >= 15 is 0 Å². The summed E-state index contributed by atoms with van der Waals surface area (Å²) >= 11 is 0. The summed E-state index contributed by atoms with van der Waals surface area (Å²) in [7, 11) is 1.64. The minimum absolute atomic E-state index is 0.0375. The molecule has 0 saturated carbocycles. The summed E-state index contributed by atoms with van der Waals surface area (Å²) in [5.41, 5.74) is 2.90. The Balaban J connectivity index is 2.04. The number of amides is 1. The molecule has 1 unspecified atom stereocenters. The highest BCUT2D eigenvalue weighted by Crippen LogP contribution is 2.31. The van der Waals surface area contributed by atoms with E-state index in [-0.39, 0.29) is 5.91 Å². The number of hydrogen-bond donors (Lipinski definition) is 0. The van der Waals surface area contributed by atoms with Crippen molar-refractivity contribution in [3.63, 3.8) is 0 Å². The van der Waals surface area contributed by atoms with Crippen molar-refractivity contribution in [1.29, 1.82) is 0 Å². The van der Waals surface area contributed by atoms with Crippen LogP contribution < -0.4 is 14.4 Å². The van der Waals surface area contributed by atoms with Crippen molar-refractivity contribution in [3.8, 4) is 11.5 Å². The van der Waals surface area contributed by atoms with Crippen molar-refractivity contribution in [2.24, 2.45) is 0 Å². The summed E-state index contributed by atoms with van der Waals surface area (Å²) in [6.07, 6.45) is -0.509. The van der Waals surface area contributed by atoms with E-state index in [0.29, 0.717) is 6.54 Å². The number of benzene rings is 2. The van der Waals surface area contributed by atoms with Crippen LogP contribution in [0.3, 0.4) is 0 Å². The number of rotatable bonds is 2. The SMILES string of the molecule is COc1ccc(N2Cc3ccccc3OC(C)C2=O)c(C)c1. The van der Waals surface area contributed by atoms with Gasteiger partial charge in [-0.05, 0) is 43.7 Å². The third-order valence-electron chi connectivity index (χ3n) is 3.91. The highest BCUT2D eigenvalue weighted by atomic mass is 16.5. The second-order valence-electron chi connectivity index (χ2n) is 5.44. The number of ether oxygens (including phenoxy) is 2. The summed E-state index contributed by atoms with van der Waals surface area (Å²) in [4.78, 5) is 14.5. The monoisotopic (exact) mass is 297 g/mol. The molecular formula is C18H19NO3. The number of carbonyl (C=O) groups is 1. The molecule has 4 heteroatoms. The smallest absolute Gasteiger partial charge is 0.268 e. The molecule has 22 heavy (non-hydrogen) atoms. The summed E-state index contributed by atoms with van der Waals surface area (Å²) in [6.45, 7) is 4.27. The molecule has 1 amide bonds. The number of anilines is 1. The van der Waals surface area contributed by atoms with Gasteiger partial charge in [0.15, 0.2) is 6.10 Å². The number of fused-ring (bicyclic) bond motifs is 1. The van der Waals surface area contributed by atoms with E-state index < -0.39 is 6.10 Å². The quantitative estimate of drug-likeness (QED) is 0.853. The molecule has 0 aliphatic carbocycles. The molecule has 4 nitrogen and oxygen atoms in total. The average Bonchev–Trinajstić information content (AvgIpc) is 2.65. The third-order valence-corrected chi connectivity index (χ3v) is 3.91. The maximum absolute atomic E-state index is 12.7. The summed E-state index contributed by atoms with van der Waals surface area (Å²) < 4.78 is 11.0. The molecular weight excluding hydrogens is 278 g/mol. The van der Waals surface area contributed by atoms with E-state index in [4.69, 9.17) is 9.47 Å². The van der Waals surface area contributed by atoms with Gasteiger partial charge in [-0.2, -0.15) is 0 Å². The van der Waals surface area contributed by atoms with E-state index in [9.17, 15) is 4.79 Å². The lowest BCUT2D eigenvalue weighted by atomic mass is 10.1. The van der Waals surface area contributed by atoms with Crippen LogP contribution in [-0.4, -0.2) is 19.1 Å². The lowest BCUT2D eigenvalue weighted by Crippen LogP contribution is -2.38. The van der Waals surface area contributed by atoms with Crippen LogP contribution >= 0.6 is 0 Å². The zero-order valence-electron chi connectivity index (χ0n) is 13.0. The van der Waals surface area contributed by atoms with Crippen molar-refractivity contribution in [2.75, 3.05) is 12.0 Å². The highest BCUT2D eigenvalue weighted by molar-refractivity contribution is 5.97. The third kappa shape index (κ3) is 2.52. The van der Waals surface area contributed by atoms with Crippen molar-refractivity contribution in [2.45, 2.75) is 26.5 Å². The van der Waals surface area contributed by atoms with E-state index in [0.717, 1.165) is 28.3 Å². The molecule has 0 N–H and O–H groups in total. The zero-order valence-corrected chi connectivity index (χ0v) is 13.0. The van der Waals surface area contributed by atoms with Gasteiger partial charge in [0.25, 0.3) is 5.91 Å². The maximum Gasteiger partial charge on any atom is 0.268 e. The Morgan fingerprint density at radius 3 is 2.73 bits per heavy atom. The molecule has 1 heterocycles. The molecule has 0 saturated heterocycles. The van der Waals surface area contributed by atoms with Crippen molar-refractivity contribution in [3.05, 3.63) is 53.6 Å². The maximum atomic E-state index is 12.7. The molecule has 0 spiro atoms. The lowest BCUT2D eigenvalue weighted by molar-refractivity contribution is -0.124. The largest absolute Gasteiger partial charge is 0.497 e. The Morgan fingerprint density at radius 2 is 2.00 bits per heavy atom. The van der Waals surface area contributed by atoms with Crippen molar-refractivity contribution >= 4 is 11.6 Å². The Hall–Kier alpha value is -2.49. The van der Waals surface area contributed by atoms with E-state index in [1.807, 2.05) is 49.4 Å². The second kappa shape index (κ2) is 5.72. The minimum atomic E-state index is -0.509. The van der Waals surface area contributed by atoms with Crippen LogP contribution in [0.5, 0.6) is 11.5 Å². The van der Waals surface area contributed by atoms with Gasteiger partial charge in [-0.1, -0.05) is 18.2 Å². The predicted molar refractivity (Wildman–Crippen MR) is 85.5 cm³/mol. The van der Waals surface area contributed by atoms with Gasteiger partial charge >= 0.3 is 0 Å². The van der Waals surface area contributed by atoms with Crippen LogP contribution in [0.15, 0.2) is 42.5 Å². The fourth-order valence-corrected chi connectivity index (χ4v) is 2.72. The fourth-order valence-electron chi connectivity index (χ4n) is 2.72. The molecule has 1 atom stereocenters. The minimum Gasteiger partial charge on any atom is -0.497 e. The van der Waals surface area contributed by atoms with Gasteiger partial charge in [-0.3, -0.25) is 4.79 Å². The number of carbonyl (C=O) groups excluding carboxylic acids is 1. The molecule has 2 aromatic carbocycles. The van der Waals surface area contributed by atoms with Gasteiger partial charge in [0.2, 0.25) is 0 Å². The number of hydrogen-bond acceptors (Lipinski definition) is 3. The number of para-hydroxylation sites is 1. The van der Waals surface area contributed by atoms with Crippen LogP contribution in [0, 0.1) is 6.92 Å². The fraction of sp³-hybridized carbons (Fsp3) is 0.278. The van der Waals surface area contributed by atoms with Crippen molar-refractivity contribution in [1.82, 2.24) is 0 Å². The van der Waals surface area contributed by atoms with Crippen molar-refractivity contribution < 1.29 is 14.3 Å². The molecule has 1 aliphatic heterocycles. The van der Waals surface area contributed by atoms with Crippen LogP contribution in [0.1, 0.15) is 18.1 Å². The van der Waals surface area contributed by atoms with E-state index in [1.165, 1.54) is 0 Å². The summed E-state index contributed by atoms with van der Waals surface area (Å²) in [5, 5.41) is 0. The summed E-state index contributed by atoms with van der Waals surface area (Å²) in [6, 6.07) is 13.5. The van der Waals surface area contributed by atoms with Gasteiger partial charge in [0, 0.05) is 11.3 Å². The molecule has 0 fully saturated rings.